The molecule has 0 aliphatic carbocycles. The molecule has 1 rings (SSSR count). The zero-order valence-corrected chi connectivity index (χ0v) is 8.94. The van der Waals surface area contributed by atoms with Crippen molar-refractivity contribution in [3.05, 3.63) is 0 Å². The summed E-state index contributed by atoms with van der Waals surface area (Å²) in [7, 11) is 3.73. The van der Waals surface area contributed by atoms with Crippen molar-refractivity contribution >= 4 is 27.6 Å². The summed E-state index contributed by atoms with van der Waals surface area (Å²) in [6.07, 6.45) is 1.96. The first-order chi connectivity index (χ1) is 6.18. The van der Waals surface area contributed by atoms with Gasteiger partial charge in [-0.2, -0.15) is 0 Å². The second kappa shape index (κ2) is 5.78. The molecule has 1 aliphatic heterocycles. The van der Waals surface area contributed by atoms with Crippen LogP contribution in [-0.4, -0.2) is 33.3 Å². The van der Waals surface area contributed by atoms with Crippen LogP contribution >= 0.6 is 21.6 Å². The van der Waals surface area contributed by atoms with Crippen LogP contribution in [-0.2, 0) is 4.79 Å². The topological polar surface area (TPSA) is 57.5 Å². The fourth-order valence-electron chi connectivity index (χ4n) is 1.25. The third kappa shape index (κ3) is 4.78. The van der Waals surface area contributed by atoms with Gasteiger partial charge in [-0.1, -0.05) is 21.6 Å². The molecule has 0 bridgehead atoms. The number of aliphatic carboxylic acids is 1. The van der Waals surface area contributed by atoms with Gasteiger partial charge in [-0.15, -0.1) is 0 Å². The smallest absolute Gasteiger partial charge is 0.305 e. The van der Waals surface area contributed by atoms with E-state index in [1.165, 1.54) is 12.2 Å². The summed E-state index contributed by atoms with van der Waals surface area (Å²) in [6, 6.07) is 0. The van der Waals surface area contributed by atoms with E-state index in [4.69, 9.17) is 5.11 Å². The Labute approximate surface area is 85.7 Å². The number of carboxylic acid groups (broad SMARTS) is 1. The number of carbonyl (C=O) groups is 1. The highest BCUT2D eigenvalue weighted by Crippen LogP contribution is 2.39. The minimum Gasteiger partial charge on any atom is -0.481 e. The SMILES string of the molecule is O=C(O)CC(O)CCC1CCSS1. The number of hydrogen-bond acceptors (Lipinski definition) is 4. The van der Waals surface area contributed by atoms with Crippen LogP contribution in [0.15, 0.2) is 0 Å². The molecule has 0 aromatic carbocycles. The summed E-state index contributed by atoms with van der Waals surface area (Å²) < 4.78 is 0. The highest BCUT2D eigenvalue weighted by atomic mass is 33.1. The van der Waals surface area contributed by atoms with Gasteiger partial charge in [0, 0.05) is 11.0 Å². The Morgan fingerprint density at radius 1 is 1.62 bits per heavy atom. The number of rotatable bonds is 5. The van der Waals surface area contributed by atoms with Gasteiger partial charge in [0.1, 0.15) is 0 Å². The Hall–Kier alpha value is 0.130. The van der Waals surface area contributed by atoms with E-state index in [9.17, 15) is 9.90 Å². The Morgan fingerprint density at radius 2 is 2.38 bits per heavy atom. The lowest BCUT2D eigenvalue weighted by atomic mass is 10.1. The molecule has 0 spiro atoms. The van der Waals surface area contributed by atoms with Crippen LogP contribution in [0.4, 0.5) is 0 Å². The molecule has 1 fully saturated rings. The third-order valence-corrected chi connectivity index (χ3v) is 4.97. The Bertz CT molecular complexity index is 169. The average Bonchev–Trinajstić information content (AvgIpc) is 2.51. The molecule has 1 aliphatic rings. The maximum atomic E-state index is 10.2. The van der Waals surface area contributed by atoms with Crippen molar-refractivity contribution in [1.29, 1.82) is 0 Å². The van der Waals surface area contributed by atoms with E-state index in [-0.39, 0.29) is 6.42 Å². The van der Waals surface area contributed by atoms with Crippen molar-refractivity contribution in [3.63, 3.8) is 0 Å². The van der Waals surface area contributed by atoms with E-state index in [0.717, 1.165) is 6.42 Å². The summed E-state index contributed by atoms with van der Waals surface area (Å²) in [4.78, 5) is 10.2. The lowest BCUT2D eigenvalue weighted by molar-refractivity contribution is -0.139. The lowest BCUT2D eigenvalue weighted by Gasteiger charge is -2.10. The predicted octanol–water partition coefficient (Wildman–Crippen LogP) is 1.76. The van der Waals surface area contributed by atoms with Crippen LogP contribution in [0.3, 0.4) is 0 Å². The van der Waals surface area contributed by atoms with E-state index >= 15 is 0 Å². The second-order valence-corrected chi connectivity index (χ2v) is 5.95. The average molecular weight is 222 g/mol. The molecule has 13 heavy (non-hydrogen) atoms. The van der Waals surface area contributed by atoms with Crippen molar-refractivity contribution in [2.45, 2.75) is 37.0 Å². The van der Waals surface area contributed by atoms with Crippen LogP contribution in [0, 0.1) is 0 Å². The summed E-state index contributed by atoms with van der Waals surface area (Å²) in [6.45, 7) is 0. The Kier molecular flexibility index (Phi) is 4.98. The molecule has 76 valence electrons. The van der Waals surface area contributed by atoms with E-state index in [0.29, 0.717) is 11.7 Å². The highest BCUT2D eigenvalue weighted by Gasteiger charge is 2.18. The maximum Gasteiger partial charge on any atom is 0.305 e. The van der Waals surface area contributed by atoms with Crippen LogP contribution in [0.25, 0.3) is 0 Å². The van der Waals surface area contributed by atoms with Gasteiger partial charge >= 0.3 is 5.97 Å². The summed E-state index contributed by atoms with van der Waals surface area (Å²) >= 11 is 0. The lowest BCUT2D eigenvalue weighted by Crippen LogP contribution is -2.14. The number of aliphatic hydroxyl groups is 1. The molecule has 1 heterocycles. The van der Waals surface area contributed by atoms with Crippen molar-refractivity contribution in [1.82, 2.24) is 0 Å². The molecule has 0 aromatic heterocycles. The minimum atomic E-state index is -0.916. The maximum absolute atomic E-state index is 10.2. The summed E-state index contributed by atoms with van der Waals surface area (Å²) in [5.41, 5.74) is 0. The molecule has 2 unspecified atom stereocenters. The normalized spacial score (nSPS) is 24.5. The fourth-order valence-corrected chi connectivity index (χ4v) is 4.24. The summed E-state index contributed by atoms with van der Waals surface area (Å²) in [5, 5.41) is 18.3. The van der Waals surface area contributed by atoms with Crippen molar-refractivity contribution in [2.24, 2.45) is 0 Å². The number of hydrogen-bond donors (Lipinski definition) is 2. The molecule has 1 saturated heterocycles. The van der Waals surface area contributed by atoms with Gasteiger partial charge in [-0.25, -0.2) is 0 Å². The number of carboxylic acids is 1. The van der Waals surface area contributed by atoms with E-state index < -0.39 is 12.1 Å². The first-order valence-electron chi connectivity index (χ1n) is 4.36. The molecular formula is C8H14O3S2. The van der Waals surface area contributed by atoms with Gasteiger partial charge in [-0.3, -0.25) is 4.79 Å². The third-order valence-electron chi connectivity index (χ3n) is 1.96. The Morgan fingerprint density at radius 3 is 2.92 bits per heavy atom. The van der Waals surface area contributed by atoms with Gasteiger partial charge in [0.15, 0.2) is 0 Å². The molecule has 0 aromatic rings. The first kappa shape index (κ1) is 11.2. The zero-order chi connectivity index (χ0) is 9.68. The van der Waals surface area contributed by atoms with Crippen molar-refractivity contribution in [2.75, 3.05) is 5.75 Å². The molecule has 3 nitrogen and oxygen atoms in total. The number of aliphatic hydroxyl groups excluding tert-OH is 1. The van der Waals surface area contributed by atoms with Crippen LogP contribution < -0.4 is 0 Å². The Balaban J connectivity index is 2.06. The monoisotopic (exact) mass is 222 g/mol. The zero-order valence-electron chi connectivity index (χ0n) is 7.31. The van der Waals surface area contributed by atoms with Crippen LogP contribution in [0.2, 0.25) is 0 Å². The fraction of sp³-hybridized carbons (Fsp3) is 0.875. The standard InChI is InChI=1S/C8H14O3S2/c9-6(5-8(10)11)1-2-7-3-4-12-13-7/h6-7,9H,1-5H2,(H,10,11). The van der Waals surface area contributed by atoms with Gasteiger partial charge in [0.25, 0.3) is 0 Å². The van der Waals surface area contributed by atoms with Gasteiger partial charge in [0.05, 0.1) is 12.5 Å². The van der Waals surface area contributed by atoms with Crippen molar-refractivity contribution < 1.29 is 15.0 Å². The first-order valence-corrected chi connectivity index (χ1v) is 6.75. The minimum absolute atomic E-state index is 0.121. The van der Waals surface area contributed by atoms with Crippen LogP contribution in [0.1, 0.15) is 25.7 Å². The van der Waals surface area contributed by atoms with E-state index in [1.54, 1.807) is 0 Å². The van der Waals surface area contributed by atoms with Gasteiger partial charge in [-0.05, 0) is 19.3 Å². The van der Waals surface area contributed by atoms with E-state index in [2.05, 4.69) is 0 Å². The second-order valence-electron chi connectivity index (χ2n) is 3.16. The molecule has 2 atom stereocenters. The van der Waals surface area contributed by atoms with Crippen LogP contribution in [0.5, 0.6) is 0 Å². The summed E-state index contributed by atoms with van der Waals surface area (Å²) in [5.74, 6) is 0.269. The highest BCUT2D eigenvalue weighted by molar-refractivity contribution is 8.77. The molecule has 0 radical (unpaired) electrons. The van der Waals surface area contributed by atoms with E-state index in [1.807, 2.05) is 21.6 Å². The predicted molar refractivity (Wildman–Crippen MR) is 55.9 cm³/mol. The van der Waals surface area contributed by atoms with Gasteiger partial charge < -0.3 is 10.2 Å². The molecule has 0 saturated carbocycles. The van der Waals surface area contributed by atoms with Gasteiger partial charge in [0.2, 0.25) is 0 Å². The van der Waals surface area contributed by atoms with Crippen molar-refractivity contribution in [3.8, 4) is 0 Å². The largest absolute Gasteiger partial charge is 0.481 e. The molecular weight excluding hydrogens is 208 g/mol. The molecule has 0 amide bonds. The molecule has 2 N–H and O–H groups in total. The molecule has 5 heteroatoms. The quantitative estimate of drug-likeness (QED) is 0.694.